The fourth-order valence-corrected chi connectivity index (χ4v) is 1.19. The van der Waals surface area contributed by atoms with Crippen LogP contribution in [0.25, 0.3) is 0 Å². The largest absolute Gasteiger partial charge is 0.352 e. The SMILES string of the molecule is CCCCC#CC(O)(O)c1ccccc1. The minimum absolute atomic E-state index is 0.411. The maximum atomic E-state index is 9.67. The van der Waals surface area contributed by atoms with Gasteiger partial charge < -0.3 is 10.2 Å². The molecule has 0 heterocycles. The zero-order valence-corrected chi connectivity index (χ0v) is 8.90. The maximum absolute atomic E-state index is 9.67. The Kier molecular flexibility index (Phi) is 4.36. The van der Waals surface area contributed by atoms with Crippen LogP contribution in [0.3, 0.4) is 0 Å². The number of unbranched alkanes of at least 4 members (excludes halogenated alkanes) is 2. The lowest BCUT2D eigenvalue weighted by atomic mass is 10.1. The number of rotatable bonds is 3. The van der Waals surface area contributed by atoms with E-state index in [4.69, 9.17) is 0 Å². The van der Waals surface area contributed by atoms with Crippen molar-refractivity contribution >= 4 is 0 Å². The predicted octanol–water partition coefficient (Wildman–Crippen LogP) is 2.02. The molecule has 0 aromatic heterocycles. The molecule has 2 heteroatoms. The van der Waals surface area contributed by atoms with E-state index in [-0.39, 0.29) is 0 Å². The number of aliphatic hydroxyl groups is 2. The molecule has 0 aliphatic rings. The molecule has 0 bridgehead atoms. The summed E-state index contributed by atoms with van der Waals surface area (Å²) in [4.78, 5) is 0. The first-order valence-corrected chi connectivity index (χ1v) is 5.17. The number of hydrogen-bond donors (Lipinski definition) is 2. The molecular formula is C13H16O2. The van der Waals surface area contributed by atoms with Crippen LogP contribution in [0, 0.1) is 11.8 Å². The van der Waals surface area contributed by atoms with Gasteiger partial charge in [-0.25, -0.2) is 0 Å². The van der Waals surface area contributed by atoms with Crippen LogP contribution in [0.2, 0.25) is 0 Å². The highest BCUT2D eigenvalue weighted by atomic mass is 16.5. The van der Waals surface area contributed by atoms with E-state index < -0.39 is 5.79 Å². The molecule has 2 nitrogen and oxygen atoms in total. The zero-order chi connectivity index (χ0) is 11.1. The average molecular weight is 204 g/mol. The molecule has 0 aliphatic heterocycles. The predicted molar refractivity (Wildman–Crippen MR) is 59.9 cm³/mol. The quantitative estimate of drug-likeness (QED) is 0.449. The molecule has 15 heavy (non-hydrogen) atoms. The van der Waals surface area contributed by atoms with Gasteiger partial charge in [0.15, 0.2) is 0 Å². The molecule has 1 aromatic carbocycles. The lowest BCUT2D eigenvalue weighted by Crippen LogP contribution is -2.22. The first-order chi connectivity index (χ1) is 7.17. The molecule has 0 saturated carbocycles. The normalized spacial score (nSPS) is 10.6. The molecule has 0 radical (unpaired) electrons. The van der Waals surface area contributed by atoms with Crippen LogP contribution >= 0.6 is 0 Å². The summed E-state index contributed by atoms with van der Waals surface area (Å²) in [5.41, 5.74) is 0.411. The second-order valence-electron chi connectivity index (χ2n) is 3.44. The van der Waals surface area contributed by atoms with E-state index in [2.05, 4.69) is 18.8 Å². The van der Waals surface area contributed by atoms with Crippen molar-refractivity contribution in [3.63, 3.8) is 0 Å². The van der Waals surface area contributed by atoms with E-state index in [9.17, 15) is 10.2 Å². The van der Waals surface area contributed by atoms with E-state index in [1.54, 1.807) is 24.3 Å². The maximum Gasteiger partial charge on any atom is 0.256 e. The van der Waals surface area contributed by atoms with Crippen LogP contribution in [0.5, 0.6) is 0 Å². The Bertz CT molecular complexity index is 344. The first-order valence-electron chi connectivity index (χ1n) is 5.17. The highest BCUT2D eigenvalue weighted by molar-refractivity contribution is 5.27. The van der Waals surface area contributed by atoms with Gasteiger partial charge in [0, 0.05) is 12.0 Å². The molecular weight excluding hydrogens is 188 g/mol. The molecule has 2 N–H and O–H groups in total. The summed E-state index contributed by atoms with van der Waals surface area (Å²) in [6, 6.07) is 8.63. The fourth-order valence-electron chi connectivity index (χ4n) is 1.19. The van der Waals surface area contributed by atoms with Gasteiger partial charge in [0.2, 0.25) is 0 Å². The molecule has 0 unspecified atom stereocenters. The second kappa shape index (κ2) is 5.55. The Labute approximate surface area is 90.6 Å². The third kappa shape index (κ3) is 3.75. The minimum atomic E-state index is -2.02. The van der Waals surface area contributed by atoms with Gasteiger partial charge in [0.1, 0.15) is 0 Å². The smallest absolute Gasteiger partial charge is 0.256 e. The molecule has 0 aliphatic carbocycles. The van der Waals surface area contributed by atoms with Crippen LogP contribution in [0.1, 0.15) is 31.7 Å². The molecule has 0 fully saturated rings. The topological polar surface area (TPSA) is 40.5 Å². The molecule has 0 spiro atoms. The fraction of sp³-hybridized carbons (Fsp3) is 0.385. The van der Waals surface area contributed by atoms with E-state index in [0.29, 0.717) is 12.0 Å². The van der Waals surface area contributed by atoms with Crippen molar-refractivity contribution in [3.8, 4) is 11.8 Å². The summed E-state index contributed by atoms with van der Waals surface area (Å²) in [6.07, 6.45) is 2.74. The number of benzene rings is 1. The second-order valence-corrected chi connectivity index (χ2v) is 3.44. The third-order valence-electron chi connectivity index (χ3n) is 2.09. The van der Waals surface area contributed by atoms with E-state index in [1.807, 2.05) is 6.07 Å². The number of hydrogen-bond acceptors (Lipinski definition) is 2. The summed E-state index contributed by atoms with van der Waals surface area (Å²) < 4.78 is 0. The van der Waals surface area contributed by atoms with Crippen LogP contribution in [-0.2, 0) is 5.79 Å². The Balaban J connectivity index is 2.69. The van der Waals surface area contributed by atoms with Gasteiger partial charge in [0.05, 0.1) is 0 Å². The van der Waals surface area contributed by atoms with Crippen molar-refractivity contribution in [3.05, 3.63) is 35.9 Å². The van der Waals surface area contributed by atoms with Gasteiger partial charge in [-0.3, -0.25) is 0 Å². The standard InChI is InChI=1S/C13H16O2/c1-2-3-4-8-11-13(14,15)12-9-6-5-7-10-12/h5-7,9-10,14-15H,2-4H2,1H3. The van der Waals surface area contributed by atoms with Gasteiger partial charge in [-0.1, -0.05) is 49.6 Å². The van der Waals surface area contributed by atoms with Crippen molar-refractivity contribution in [2.45, 2.75) is 32.0 Å². The van der Waals surface area contributed by atoms with Crippen molar-refractivity contribution in [2.75, 3.05) is 0 Å². The van der Waals surface area contributed by atoms with Gasteiger partial charge in [-0.15, -0.1) is 0 Å². The van der Waals surface area contributed by atoms with E-state index in [1.165, 1.54) is 0 Å². The van der Waals surface area contributed by atoms with Crippen molar-refractivity contribution in [1.82, 2.24) is 0 Å². The zero-order valence-electron chi connectivity index (χ0n) is 8.90. The molecule has 1 rings (SSSR count). The lowest BCUT2D eigenvalue weighted by molar-refractivity contribution is -0.116. The Morgan fingerprint density at radius 3 is 2.47 bits per heavy atom. The highest BCUT2D eigenvalue weighted by Gasteiger charge is 2.21. The van der Waals surface area contributed by atoms with E-state index in [0.717, 1.165) is 12.8 Å². The minimum Gasteiger partial charge on any atom is -0.352 e. The molecule has 80 valence electrons. The highest BCUT2D eigenvalue weighted by Crippen LogP contribution is 2.15. The molecule has 1 aromatic rings. The van der Waals surface area contributed by atoms with Crippen LogP contribution in [-0.4, -0.2) is 10.2 Å². The average Bonchev–Trinajstić information content (AvgIpc) is 2.26. The summed E-state index contributed by atoms with van der Waals surface area (Å²) in [5, 5.41) is 19.3. The third-order valence-corrected chi connectivity index (χ3v) is 2.09. The molecule has 0 amide bonds. The van der Waals surface area contributed by atoms with Crippen LogP contribution < -0.4 is 0 Å². The van der Waals surface area contributed by atoms with Gasteiger partial charge in [0.25, 0.3) is 5.79 Å². The Hall–Kier alpha value is -1.30. The van der Waals surface area contributed by atoms with Crippen molar-refractivity contribution in [2.24, 2.45) is 0 Å². The Morgan fingerprint density at radius 1 is 1.20 bits per heavy atom. The van der Waals surface area contributed by atoms with Gasteiger partial charge in [-0.2, -0.15) is 0 Å². The first kappa shape index (κ1) is 11.8. The summed E-state index contributed by atoms with van der Waals surface area (Å²) in [5.74, 6) is 3.23. The summed E-state index contributed by atoms with van der Waals surface area (Å²) >= 11 is 0. The van der Waals surface area contributed by atoms with Crippen LogP contribution in [0.4, 0.5) is 0 Å². The summed E-state index contributed by atoms with van der Waals surface area (Å²) in [7, 11) is 0. The molecule has 0 saturated heterocycles. The lowest BCUT2D eigenvalue weighted by Gasteiger charge is -2.14. The van der Waals surface area contributed by atoms with Crippen LogP contribution in [0.15, 0.2) is 30.3 Å². The van der Waals surface area contributed by atoms with E-state index >= 15 is 0 Å². The van der Waals surface area contributed by atoms with Crippen molar-refractivity contribution < 1.29 is 10.2 Å². The molecule has 0 atom stereocenters. The Morgan fingerprint density at radius 2 is 1.87 bits per heavy atom. The van der Waals surface area contributed by atoms with Gasteiger partial charge in [-0.05, 0) is 12.3 Å². The van der Waals surface area contributed by atoms with Crippen molar-refractivity contribution in [1.29, 1.82) is 0 Å². The summed E-state index contributed by atoms with van der Waals surface area (Å²) in [6.45, 7) is 2.07. The van der Waals surface area contributed by atoms with Gasteiger partial charge >= 0.3 is 0 Å². The monoisotopic (exact) mass is 204 g/mol.